The molecule has 0 radical (unpaired) electrons. The first kappa shape index (κ1) is 17.2. The van der Waals surface area contributed by atoms with E-state index >= 15 is 0 Å². The third-order valence-corrected chi connectivity index (χ3v) is 5.07. The Morgan fingerprint density at radius 2 is 2.08 bits per heavy atom. The molecule has 3 rings (SSSR count). The molecule has 6 nitrogen and oxygen atoms in total. The zero-order chi connectivity index (χ0) is 17.6. The van der Waals surface area contributed by atoms with Crippen LogP contribution in [0.1, 0.15) is 9.67 Å². The Labute approximate surface area is 152 Å². The number of rotatable bonds is 6. The molecular weight excluding hydrogens is 358 g/mol. The van der Waals surface area contributed by atoms with Crippen LogP contribution >= 0.6 is 23.1 Å². The number of ether oxygens (including phenoxy) is 1. The molecule has 0 spiro atoms. The van der Waals surface area contributed by atoms with Crippen molar-refractivity contribution in [2.75, 3.05) is 18.2 Å². The third kappa shape index (κ3) is 4.28. The fraction of sp³-hybridized carbons (Fsp3) is 0.118. The number of hydrogen-bond acceptors (Lipinski definition) is 6. The number of thioether (sulfide) groups is 1. The van der Waals surface area contributed by atoms with Crippen molar-refractivity contribution in [1.29, 1.82) is 0 Å². The van der Waals surface area contributed by atoms with Gasteiger partial charge < -0.3 is 15.0 Å². The first-order chi connectivity index (χ1) is 12.2. The van der Waals surface area contributed by atoms with Gasteiger partial charge in [-0.05, 0) is 17.0 Å². The van der Waals surface area contributed by atoms with Crippen molar-refractivity contribution in [3.05, 3.63) is 52.9 Å². The van der Waals surface area contributed by atoms with Crippen LogP contribution in [0.3, 0.4) is 0 Å². The summed E-state index contributed by atoms with van der Waals surface area (Å²) < 4.78 is 4.69. The first-order valence-electron chi connectivity index (χ1n) is 7.36. The number of nitrogens with one attached hydrogen (secondary N) is 2. The SMILES string of the molecule is COC(=O)c1sccc1NC(=O)CSc1ncc(-c2ccccc2)[nH]1. The Hall–Kier alpha value is -2.58. The average Bonchev–Trinajstić information content (AvgIpc) is 3.29. The van der Waals surface area contributed by atoms with E-state index in [1.165, 1.54) is 30.2 Å². The summed E-state index contributed by atoms with van der Waals surface area (Å²) in [6, 6.07) is 11.5. The summed E-state index contributed by atoms with van der Waals surface area (Å²) >= 11 is 2.52. The van der Waals surface area contributed by atoms with Crippen LogP contribution in [0.2, 0.25) is 0 Å². The second-order valence-corrected chi connectivity index (χ2v) is 6.84. The fourth-order valence-corrected chi connectivity index (χ4v) is 3.53. The second kappa shape index (κ2) is 8.00. The summed E-state index contributed by atoms with van der Waals surface area (Å²) in [6.07, 6.45) is 1.74. The van der Waals surface area contributed by atoms with Gasteiger partial charge in [0, 0.05) is 0 Å². The molecule has 1 aromatic carbocycles. The largest absolute Gasteiger partial charge is 0.465 e. The van der Waals surface area contributed by atoms with Crippen molar-refractivity contribution in [3.63, 3.8) is 0 Å². The van der Waals surface area contributed by atoms with Gasteiger partial charge in [-0.15, -0.1) is 11.3 Å². The van der Waals surface area contributed by atoms with Gasteiger partial charge in [-0.3, -0.25) is 4.79 Å². The van der Waals surface area contributed by atoms with Gasteiger partial charge in [0.15, 0.2) is 5.16 Å². The van der Waals surface area contributed by atoms with Gasteiger partial charge >= 0.3 is 5.97 Å². The van der Waals surface area contributed by atoms with E-state index in [2.05, 4.69) is 15.3 Å². The Kier molecular flexibility index (Phi) is 5.52. The van der Waals surface area contributed by atoms with Crippen LogP contribution in [-0.2, 0) is 9.53 Å². The molecule has 0 unspecified atom stereocenters. The Morgan fingerprint density at radius 3 is 2.84 bits per heavy atom. The zero-order valence-corrected chi connectivity index (χ0v) is 14.9. The predicted molar refractivity (Wildman–Crippen MR) is 99.0 cm³/mol. The number of carbonyl (C=O) groups is 2. The lowest BCUT2D eigenvalue weighted by Crippen LogP contribution is -2.15. The third-order valence-electron chi connectivity index (χ3n) is 3.29. The van der Waals surface area contributed by atoms with Gasteiger partial charge in [-0.2, -0.15) is 0 Å². The molecule has 0 aliphatic carbocycles. The van der Waals surface area contributed by atoms with Crippen molar-refractivity contribution in [3.8, 4) is 11.3 Å². The molecule has 0 atom stereocenters. The number of anilines is 1. The molecule has 25 heavy (non-hydrogen) atoms. The van der Waals surface area contributed by atoms with Crippen molar-refractivity contribution >= 4 is 40.7 Å². The number of benzene rings is 1. The maximum absolute atomic E-state index is 12.1. The van der Waals surface area contributed by atoms with Gasteiger partial charge in [0.2, 0.25) is 5.91 Å². The van der Waals surface area contributed by atoms with Crippen molar-refractivity contribution in [2.45, 2.75) is 5.16 Å². The molecule has 0 aliphatic rings. The normalized spacial score (nSPS) is 10.4. The molecular formula is C17H15N3O3S2. The highest BCUT2D eigenvalue weighted by molar-refractivity contribution is 7.99. The van der Waals surface area contributed by atoms with E-state index in [-0.39, 0.29) is 11.7 Å². The van der Waals surface area contributed by atoms with Crippen LogP contribution in [0.5, 0.6) is 0 Å². The van der Waals surface area contributed by atoms with Crippen LogP contribution in [0, 0.1) is 0 Å². The van der Waals surface area contributed by atoms with E-state index in [4.69, 9.17) is 4.74 Å². The number of hydrogen-bond donors (Lipinski definition) is 2. The summed E-state index contributed by atoms with van der Waals surface area (Å²) in [4.78, 5) is 31.6. The van der Waals surface area contributed by atoms with Crippen LogP contribution < -0.4 is 5.32 Å². The van der Waals surface area contributed by atoms with E-state index in [9.17, 15) is 9.59 Å². The maximum Gasteiger partial charge on any atom is 0.350 e. The highest BCUT2D eigenvalue weighted by Gasteiger charge is 2.16. The summed E-state index contributed by atoms with van der Waals surface area (Å²) in [5, 5.41) is 5.11. The Morgan fingerprint density at radius 1 is 1.28 bits per heavy atom. The smallest absolute Gasteiger partial charge is 0.350 e. The van der Waals surface area contributed by atoms with Gasteiger partial charge in [-0.1, -0.05) is 42.1 Å². The number of amides is 1. The van der Waals surface area contributed by atoms with Crippen LogP contribution in [0.15, 0.2) is 53.1 Å². The highest BCUT2D eigenvalue weighted by atomic mass is 32.2. The minimum absolute atomic E-state index is 0.179. The Balaban J connectivity index is 1.57. The number of methoxy groups -OCH3 is 1. The lowest BCUT2D eigenvalue weighted by molar-refractivity contribution is -0.113. The molecule has 8 heteroatoms. The molecule has 2 aromatic heterocycles. The summed E-state index contributed by atoms with van der Waals surface area (Å²) in [5.74, 6) is -0.499. The molecule has 128 valence electrons. The van der Waals surface area contributed by atoms with Crippen LogP contribution in [0.25, 0.3) is 11.3 Å². The van der Waals surface area contributed by atoms with E-state index in [0.29, 0.717) is 15.7 Å². The lowest BCUT2D eigenvalue weighted by atomic mass is 10.2. The molecule has 0 saturated heterocycles. The Bertz CT molecular complexity index is 874. The van der Waals surface area contributed by atoms with Gasteiger partial charge in [-0.25, -0.2) is 9.78 Å². The standard InChI is InChI=1S/C17H15N3O3S2/c1-23-16(22)15-12(7-8-24-15)19-14(21)10-25-17-18-9-13(20-17)11-5-3-2-4-6-11/h2-9H,10H2,1H3,(H,18,20)(H,19,21). The molecule has 1 amide bonds. The number of aromatic amines is 1. The minimum atomic E-state index is -0.462. The van der Waals surface area contributed by atoms with E-state index in [1.54, 1.807) is 17.6 Å². The van der Waals surface area contributed by atoms with E-state index < -0.39 is 5.97 Å². The summed E-state index contributed by atoms with van der Waals surface area (Å²) in [7, 11) is 1.31. The number of esters is 1. The van der Waals surface area contributed by atoms with Gasteiger partial charge in [0.05, 0.1) is 30.4 Å². The number of imidazole rings is 1. The molecule has 3 aromatic rings. The molecule has 0 bridgehead atoms. The topological polar surface area (TPSA) is 84.1 Å². The number of nitrogens with zero attached hydrogens (tertiary/aromatic N) is 1. The lowest BCUT2D eigenvalue weighted by Gasteiger charge is -2.04. The van der Waals surface area contributed by atoms with Crippen LogP contribution in [-0.4, -0.2) is 34.7 Å². The predicted octanol–water partition coefficient (Wildman–Crippen LogP) is 3.66. The van der Waals surface area contributed by atoms with Gasteiger partial charge in [0.1, 0.15) is 4.88 Å². The molecule has 0 saturated carbocycles. The molecule has 0 aliphatic heterocycles. The molecule has 2 N–H and O–H groups in total. The number of aromatic nitrogens is 2. The van der Waals surface area contributed by atoms with E-state index in [1.807, 2.05) is 30.3 Å². The van der Waals surface area contributed by atoms with Crippen molar-refractivity contribution in [1.82, 2.24) is 9.97 Å². The molecule has 0 fully saturated rings. The van der Waals surface area contributed by atoms with E-state index in [0.717, 1.165) is 11.3 Å². The first-order valence-corrected chi connectivity index (χ1v) is 9.23. The summed E-state index contributed by atoms with van der Waals surface area (Å²) in [5.41, 5.74) is 2.40. The number of carbonyl (C=O) groups excluding carboxylic acids is 2. The monoisotopic (exact) mass is 373 g/mol. The highest BCUT2D eigenvalue weighted by Crippen LogP contribution is 2.24. The fourth-order valence-electron chi connectivity index (χ4n) is 2.12. The van der Waals surface area contributed by atoms with Crippen molar-refractivity contribution < 1.29 is 14.3 Å². The number of H-pyrrole nitrogens is 1. The molecule has 2 heterocycles. The zero-order valence-electron chi connectivity index (χ0n) is 13.3. The second-order valence-electron chi connectivity index (χ2n) is 4.96. The quantitative estimate of drug-likeness (QED) is 0.509. The average molecular weight is 373 g/mol. The number of thiophene rings is 1. The van der Waals surface area contributed by atoms with Crippen LogP contribution in [0.4, 0.5) is 5.69 Å². The summed E-state index contributed by atoms with van der Waals surface area (Å²) in [6.45, 7) is 0. The minimum Gasteiger partial charge on any atom is -0.465 e. The maximum atomic E-state index is 12.1. The van der Waals surface area contributed by atoms with Gasteiger partial charge in [0.25, 0.3) is 0 Å². The van der Waals surface area contributed by atoms with Crippen molar-refractivity contribution in [2.24, 2.45) is 0 Å².